The van der Waals surface area contributed by atoms with Crippen molar-refractivity contribution in [2.24, 2.45) is 0 Å². The minimum atomic E-state index is -0.0273. The van der Waals surface area contributed by atoms with E-state index in [1.54, 1.807) is 17.1 Å². The first-order chi connectivity index (χ1) is 8.22. The zero-order valence-corrected chi connectivity index (χ0v) is 10.2. The van der Waals surface area contributed by atoms with Crippen LogP contribution in [0.1, 0.15) is 23.0 Å². The second-order valence-electron chi connectivity index (χ2n) is 3.61. The molecule has 2 aromatic rings. The number of carbonyl (C=O) groups is 1. The molecule has 0 aliphatic heterocycles. The maximum Gasteiger partial charge on any atom is 0.186 e. The van der Waals surface area contributed by atoms with Gasteiger partial charge in [-0.25, -0.2) is 0 Å². The summed E-state index contributed by atoms with van der Waals surface area (Å²) in [6, 6.07) is 3.64. The van der Waals surface area contributed by atoms with E-state index in [1.807, 2.05) is 19.1 Å². The maximum atomic E-state index is 12.1. The van der Waals surface area contributed by atoms with Crippen LogP contribution in [0.4, 0.5) is 0 Å². The second kappa shape index (κ2) is 5.10. The third kappa shape index (κ3) is 2.53. The van der Waals surface area contributed by atoms with Crippen molar-refractivity contribution in [3.63, 3.8) is 0 Å². The lowest BCUT2D eigenvalue weighted by atomic mass is 10.1. The molecule has 17 heavy (non-hydrogen) atoms. The van der Waals surface area contributed by atoms with E-state index in [1.165, 1.54) is 6.20 Å². The van der Waals surface area contributed by atoms with E-state index in [4.69, 9.17) is 11.6 Å². The van der Waals surface area contributed by atoms with Gasteiger partial charge >= 0.3 is 0 Å². The van der Waals surface area contributed by atoms with Crippen LogP contribution in [-0.2, 0) is 13.0 Å². The van der Waals surface area contributed by atoms with Gasteiger partial charge in [0.15, 0.2) is 5.78 Å². The highest BCUT2D eigenvalue weighted by Gasteiger charge is 2.16. The highest BCUT2D eigenvalue weighted by atomic mass is 35.5. The second-order valence-corrected chi connectivity index (χ2v) is 4.02. The average Bonchev–Trinajstić information content (AvgIpc) is 2.71. The van der Waals surface area contributed by atoms with E-state index in [0.29, 0.717) is 23.7 Å². The number of hydrogen-bond donors (Lipinski definition) is 0. The van der Waals surface area contributed by atoms with Gasteiger partial charge < -0.3 is 0 Å². The Balaban J connectivity index is 2.23. The monoisotopic (exact) mass is 249 g/mol. The molecule has 5 heteroatoms. The number of aromatic nitrogens is 3. The molecule has 0 aliphatic carbocycles. The molecule has 0 saturated carbocycles. The van der Waals surface area contributed by atoms with Gasteiger partial charge in [-0.3, -0.25) is 14.5 Å². The number of pyridine rings is 1. The first-order valence-electron chi connectivity index (χ1n) is 5.35. The van der Waals surface area contributed by atoms with E-state index in [-0.39, 0.29) is 5.78 Å². The lowest BCUT2D eigenvalue weighted by Crippen LogP contribution is -2.12. The molecule has 0 bridgehead atoms. The van der Waals surface area contributed by atoms with Crippen molar-refractivity contribution >= 4 is 17.4 Å². The van der Waals surface area contributed by atoms with Crippen LogP contribution < -0.4 is 0 Å². The molecule has 0 unspecified atom stereocenters. The van der Waals surface area contributed by atoms with Crippen molar-refractivity contribution < 1.29 is 4.79 Å². The van der Waals surface area contributed by atoms with Crippen LogP contribution in [0.3, 0.4) is 0 Å². The average molecular weight is 250 g/mol. The van der Waals surface area contributed by atoms with E-state index >= 15 is 0 Å². The van der Waals surface area contributed by atoms with Crippen LogP contribution in [0, 0.1) is 0 Å². The van der Waals surface area contributed by atoms with Crippen LogP contribution in [0.15, 0.2) is 30.7 Å². The van der Waals surface area contributed by atoms with Gasteiger partial charge in [-0.05, 0) is 24.6 Å². The summed E-state index contributed by atoms with van der Waals surface area (Å²) in [5.74, 6) is -0.0273. The number of nitrogens with zero attached hydrogens (tertiary/aromatic N) is 3. The normalized spacial score (nSPS) is 10.5. The Bertz CT molecular complexity index is 522. The number of halogens is 1. The summed E-state index contributed by atoms with van der Waals surface area (Å²) >= 11 is 5.97. The summed E-state index contributed by atoms with van der Waals surface area (Å²) in [7, 11) is 0. The van der Waals surface area contributed by atoms with Crippen molar-refractivity contribution in [3.8, 4) is 0 Å². The van der Waals surface area contributed by atoms with Gasteiger partial charge in [-0.2, -0.15) is 5.10 Å². The largest absolute Gasteiger partial charge is 0.292 e. The van der Waals surface area contributed by atoms with E-state index < -0.39 is 0 Å². The molecule has 4 nitrogen and oxygen atoms in total. The Morgan fingerprint density at radius 1 is 1.41 bits per heavy atom. The van der Waals surface area contributed by atoms with Crippen molar-refractivity contribution in [2.45, 2.75) is 19.9 Å². The Labute approximate surface area is 104 Å². The topological polar surface area (TPSA) is 47.8 Å². The number of hydrogen-bond acceptors (Lipinski definition) is 3. The Morgan fingerprint density at radius 3 is 2.76 bits per heavy atom. The van der Waals surface area contributed by atoms with Crippen LogP contribution in [0.2, 0.25) is 5.02 Å². The molecule has 0 N–H and O–H groups in total. The summed E-state index contributed by atoms with van der Waals surface area (Å²) < 4.78 is 1.62. The van der Waals surface area contributed by atoms with Gasteiger partial charge in [-0.15, -0.1) is 0 Å². The van der Waals surface area contributed by atoms with Crippen LogP contribution >= 0.6 is 11.6 Å². The highest BCUT2D eigenvalue weighted by molar-refractivity contribution is 6.33. The third-order valence-corrected chi connectivity index (χ3v) is 2.75. The van der Waals surface area contributed by atoms with Crippen molar-refractivity contribution in [2.75, 3.05) is 0 Å². The van der Waals surface area contributed by atoms with Crippen LogP contribution in [0.25, 0.3) is 0 Å². The molecule has 0 amide bonds. The lowest BCUT2D eigenvalue weighted by molar-refractivity contribution is 0.0983. The molecule has 0 radical (unpaired) electrons. The molecular formula is C12H12ClN3O. The van der Waals surface area contributed by atoms with Gasteiger partial charge in [0.1, 0.15) is 5.69 Å². The molecule has 0 fully saturated rings. The summed E-state index contributed by atoms with van der Waals surface area (Å²) in [5, 5.41) is 4.46. The molecule has 0 saturated heterocycles. The Kier molecular flexibility index (Phi) is 3.54. The maximum absolute atomic E-state index is 12.1. The smallest absolute Gasteiger partial charge is 0.186 e. The standard InChI is InChI=1S/C12H12ClN3O/c1-2-16-12(10(13)8-15-16)11(17)7-9-3-5-14-6-4-9/h3-6,8H,2,7H2,1H3. The molecule has 0 spiro atoms. The van der Waals surface area contributed by atoms with Gasteiger partial charge in [0.05, 0.1) is 11.2 Å². The van der Waals surface area contributed by atoms with E-state index in [2.05, 4.69) is 10.1 Å². The van der Waals surface area contributed by atoms with Gasteiger partial charge in [-0.1, -0.05) is 11.6 Å². The number of Topliss-reactive ketones (excluding diaryl/α,β-unsaturated/α-hetero) is 1. The minimum absolute atomic E-state index is 0.0273. The summed E-state index contributed by atoms with van der Waals surface area (Å²) in [5.41, 5.74) is 1.40. The Morgan fingerprint density at radius 2 is 2.12 bits per heavy atom. The number of carbonyl (C=O) groups excluding carboxylic acids is 1. The van der Waals surface area contributed by atoms with E-state index in [0.717, 1.165) is 5.56 Å². The quantitative estimate of drug-likeness (QED) is 0.782. The van der Waals surface area contributed by atoms with Gasteiger partial charge in [0, 0.05) is 25.4 Å². The van der Waals surface area contributed by atoms with Crippen LogP contribution in [-0.4, -0.2) is 20.5 Å². The summed E-state index contributed by atoms with van der Waals surface area (Å²) in [6.07, 6.45) is 5.15. The zero-order valence-electron chi connectivity index (χ0n) is 9.43. The molecule has 88 valence electrons. The van der Waals surface area contributed by atoms with E-state index in [9.17, 15) is 4.79 Å². The predicted octanol–water partition coefficient (Wildman–Crippen LogP) is 2.38. The number of ketones is 1. The first kappa shape index (κ1) is 11.8. The minimum Gasteiger partial charge on any atom is -0.292 e. The molecule has 2 aromatic heterocycles. The zero-order chi connectivity index (χ0) is 12.3. The fraction of sp³-hybridized carbons (Fsp3) is 0.250. The van der Waals surface area contributed by atoms with Crippen molar-refractivity contribution in [3.05, 3.63) is 47.0 Å². The van der Waals surface area contributed by atoms with Crippen molar-refractivity contribution in [1.29, 1.82) is 0 Å². The Hall–Kier alpha value is -1.68. The SMILES string of the molecule is CCn1ncc(Cl)c1C(=O)Cc1ccncc1. The third-order valence-electron chi connectivity index (χ3n) is 2.47. The molecule has 2 rings (SSSR count). The van der Waals surface area contributed by atoms with Crippen molar-refractivity contribution in [1.82, 2.24) is 14.8 Å². The highest BCUT2D eigenvalue weighted by Crippen LogP contribution is 2.17. The van der Waals surface area contributed by atoms with Gasteiger partial charge in [0.2, 0.25) is 0 Å². The number of aryl methyl sites for hydroxylation is 1. The van der Waals surface area contributed by atoms with Crippen LogP contribution in [0.5, 0.6) is 0 Å². The summed E-state index contributed by atoms with van der Waals surface area (Å²) in [6.45, 7) is 2.55. The molecule has 0 atom stereocenters. The lowest BCUT2D eigenvalue weighted by Gasteiger charge is -2.04. The summed E-state index contributed by atoms with van der Waals surface area (Å²) in [4.78, 5) is 16.0. The number of rotatable bonds is 4. The fourth-order valence-corrected chi connectivity index (χ4v) is 1.90. The molecule has 2 heterocycles. The van der Waals surface area contributed by atoms with Gasteiger partial charge in [0.25, 0.3) is 0 Å². The predicted molar refractivity (Wildman–Crippen MR) is 65.2 cm³/mol. The molecular weight excluding hydrogens is 238 g/mol. The first-order valence-corrected chi connectivity index (χ1v) is 5.73. The fourth-order valence-electron chi connectivity index (χ4n) is 1.65. The molecule has 0 aromatic carbocycles. The molecule has 0 aliphatic rings.